The van der Waals surface area contributed by atoms with Gasteiger partial charge in [-0.1, -0.05) is 6.07 Å². The van der Waals surface area contributed by atoms with Crippen molar-refractivity contribution in [2.45, 2.75) is 26.8 Å². The van der Waals surface area contributed by atoms with E-state index in [1.54, 1.807) is 23.7 Å². The topological polar surface area (TPSA) is 54.9 Å². The SMILES string of the molecule is Cc1nc(CNC(=O)Cc2cccnc2)sc1C. The summed E-state index contributed by atoms with van der Waals surface area (Å²) in [7, 11) is 0. The maximum absolute atomic E-state index is 11.7. The van der Waals surface area contributed by atoms with Crippen LogP contribution in [0.5, 0.6) is 0 Å². The van der Waals surface area contributed by atoms with E-state index in [4.69, 9.17) is 0 Å². The summed E-state index contributed by atoms with van der Waals surface area (Å²) in [4.78, 5) is 21.3. The lowest BCUT2D eigenvalue weighted by atomic mass is 10.2. The Morgan fingerprint density at radius 2 is 2.28 bits per heavy atom. The third kappa shape index (κ3) is 3.37. The van der Waals surface area contributed by atoms with Crippen LogP contribution in [0.2, 0.25) is 0 Å². The minimum atomic E-state index is -0.00601. The van der Waals surface area contributed by atoms with Crippen molar-refractivity contribution in [3.05, 3.63) is 45.7 Å². The number of hydrogen-bond donors (Lipinski definition) is 1. The van der Waals surface area contributed by atoms with E-state index < -0.39 is 0 Å². The van der Waals surface area contributed by atoms with Gasteiger partial charge in [-0.25, -0.2) is 4.98 Å². The first-order chi connectivity index (χ1) is 8.65. The molecule has 2 rings (SSSR count). The highest BCUT2D eigenvalue weighted by Crippen LogP contribution is 2.15. The second-order valence-electron chi connectivity index (χ2n) is 4.06. The van der Waals surface area contributed by atoms with E-state index in [2.05, 4.69) is 15.3 Å². The predicted octanol–water partition coefficient (Wildman–Crippen LogP) is 2.01. The highest BCUT2D eigenvalue weighted by molar-refractivity contribution is 7.11. The molecule has 18 heavy (non-hydrogen) atoms. The van der Waals surface area contributed by atoms with Crippen LogP contribution in [-0.2, 0) is 17.8 Å². The van der Waals surface area contributed by atoms with Gasteiger partial charge in [0.2, 0.25) is 5.91 Å². The quantitative estimate of drug-likeness (QED) is 0.916. The molecule has 0 bridgehead atoms. The number of thiazole rings is 1. The Labute approximate surface area is 110 Å². The maximum atomic E-state index is 11.7. The van der Waals surface area contributed by atoms with Crippen LogP contribution in [0.4, 0.5) is 0 Å². The second-order valence-corrected chi connectivity index (χ2v) is 5.35. The number of carbonyl (C=O) groups excluding carboxylic acids is 1. The van der Waals surface area contributed by atoms with E-state index in [9.17, 15) is 4.79 Å². The van der Waals surface area contributed by atoms with Crippen molar-refractivity contribution in [3.63, 3.8) is 0 Å². The van der Waals surface area contributed by atoms with Gasteiger partial charge in [0.05, 0.1) is 18.7 Å². The number of nitrogens with one attached hydrogen (secondary N) is 1. The Hall–Kier alpha value is -1.75. The van der Waals surface area contributed by atoms with Crippen LogP contribution in [0.3, 0.4) is 0 Å². The lowest BCUT2D eigenvalue weighted by Gasteiger charge is -2.02. The molecule has 2 aromatic rings. The fourth-order valence-corrected chi connectivity index (χ4v) is 2.41. The first-order valence-electron chi connectivity index (χ1n) is 5.73. The molecule has 0 radical (unpaired) electrons. The number of rotatable bonds is 4. The van der Waals surface area contributed by atoms with Crippen molar-refractivity contribution >= 4 is 17.2 Å². The average Bonchev–Trinajstić information content (AvgIpc) is 2.68. The second kappa shape index (κ2) is 5.73. The van der Waals surface area contributed by atoms with Gasteiger partial charge in [-0.15, -0.1) is 11.3 Å². The molecule has 0 aliphatic heterocycles. The lowest BCUT2D eigenvalue weighted by molar-refractivity contribution is -0.120. The van der Waals surface area contributed by atoms with Gasteiger partial charge >= 0.3 is 0 Å². The summed E-state index contributed by atoms with van der Waals surface area (Å²) in [5.41, 5.74) is 1.96. The highest BCUT2D eigenvalue weighted by atomic mass is 32.1. The van der Waals surface area contributed by atoms with E-state index in [0.717, 1.165) is 16.3 Å². The Balaban J connectivity index is 1.85. The standard InChI is InChI=1S/C13H15N3OS/c1-9-10(2)18-13(16-9)8-15-12(17)6-11-4-3-5-14-7-11/h3-5,7H,6,8H2,1-2H3,(H,15,17). The summed E-state index contributed by atoms with van der Waals surface area (Å²) < 4.78 is 0. The van der Waals surface area contributed by atoms with E-state index in [-0.39, 0.29) is 5.91 Å². The van der Waals surface area contributed by atoms with Crippen molar-refractivity contribution in [2.24, 2.45) is 0 Å². The van der Waals surface area contributed by atoms with Crippen LogP contribution in [-0.4, -0.2) is 15.9 Å². The number of carbonyl (C=O) groups is 1. The first-order valence-corrected chi connectivity index (χ1v) is 6.55. The number of hydrogen-bond acceptors (Lipinski definition) is 4. The van der Waals surface area contributed by atoms with E-state index in [1.165, 1.54) is 4.88 Å². The largest absolute Gasteiger partial charge is 0.349 e. The van der Waals surface area contributed by atoms with E-state index in [0.29, 0.717) is 13.0 Å². The Bertz CT molecular complexity index is 517. The third-order valence-electron chi connectivity index (χ3n) is 2.60. The molecule has 0 atom stereocenters. The number of pyridine rings is 1. The van der Waals surface area contributed by atoms with Crippen molar-refractivity contribution in [2.75, 3.05) is 0 Å². The van der Waals surface area contributed by atoms with Crippen molar-refractivity contribution < 1.29 is 4.79 Å². The molecule has 5 heteroatoms. The maximum Gasteiger partial charge on any atom is 0.224 e. The zero-order valence-corrected chi connectivity index (χ0v) is 11.3. The number of amides is 1. The van der Waals surface area contributed by atoms with Crippen LogP contribution in [0.1, 0.15) is 21.1 Å². The lowest BCUT2D eigenvalue weighted by Crippen LogP contribution is -2.24. The molecule has 0 aliphatic rings. The van der Waals surface area contributed by atoms with Crippen LogP contribution in [0.25, 0.3) is 0 Å². The Kier molecular flexibility index (Phi) is 4.04. The minimum absolute atomic E-state index is 0.00601. The fourth-order valence-electron chi connectivity index (χ4n) is 1.54. The smallest absolute Gasteiger partial charge is 0.224 e. The van der Waals surface area contributed by atoms with Crippen LogP contribution in [0.15, 0.2) is 24.5 Å². The number of aryl methyl sites for hydroxylation is 2. The summed E-state index contributed by atoms with van der Waals surface area (Å²) >= 11 is 1.62. The van der Waals surface area contributed by atoms with E-state index >= 15 is 0 Å². The zero-order valence-electron chi connectivity index (χ0n) is 10.4. The Morgan fingerprint density at radius 3 is 2.89 bits per heavy atom. The molecular formula is C13H15N3OS. The van der Waals surface area contributed by atoms with Gasteiger partial charge in [0.1, 0.15) is 5.01 Å². The number of aromatic nitrogens is 2. The van der Waals surface area contributed by atoms with Gasteiger partial charge in [0, 0.05) is 17.3 Å². The predicted molar refractivity (Wildman–Crippen MR) is 71.4 cm³/mol. The molecule has 1 amide bonds. The summed E-state index contributed by atoms with van der Waals surface area (Å²) in [6.07, 6.45) is 3.76. The molecule has 4 nitrogen and oxygen atoms in total. The van der Waals surface area contributed by atoms with Crippen molar-refractivity contribution in [3.8, 4) is 0 Å². The molecule has 94 valence electrons. The highest BCUT2D eigenvalue weighted by Gasteiger charge is 2.06. The normalized spacial score (nSPS) is 10.3. The van der Waals surface area contributed by atoms with Gasteiger partial charge in [0.25, 0.3) is 0 Å². The molecule has 0 aromatic carbocycles. The van der Waals surface area contributed by atoms with Gasteiger partial charge in [-0.3, -0.25) is 9.78 Å². The first kappa shape index (κ1) is 12.7. The third-order valence-corrected chi connectivity index (χ3v) is 3.67. The Morgan fingerprint density at radius 1 is 1.44 bits per heavy atom. The fraction of sp³-hybridized carbons (Fsp3) is 0.308. The molecule has 1 N–H and O–H groups in total. The summed E-state index contributed by atoms with van der Waals surface area (Å²) in [5, 5.41) is 3.82. The summed E-state index contributed by atoms with van der Waals surface area (Å²) in [6.45, 7) is 4.51. The monoisotopic (exact) mass is 261 g/mol. The molecule has 0 aliphatic carbocycles. The van der Waals surface area contributed by atoms with Crippen molar-refractivity contribution in [1.82, 2.24) is 15.3 Å². The molecular weight excluding hydrogens is 246 g/mol. The molecule has 2 aromatic heterocycles. The zero-order chi connectivity index (χ0) is 13.0. The van der Waals surface area contributed by atoms with E-state index in [1.807, 2.05) is 26.0 Å². The summed E-state index contributed by atoms with van der Waals surface area (Å²) in [5.74, 6) is -0.00601. The molecule has 0 spiro atoms. The van der Waals surface area contributed by atoms with Gasteiger partial charge < -0.3 is 5.32 Å². The average molecular weight is 261 g/mol. The molecule has 2 heterocycles. The molecule has 0 saturated carbocycles. The van der Waals surface area contributed by atoms with Crippen molar-refractivity contribution in [1.29, 1.82) is 0 Å². The minimum Gasteiger partial charge on any atom is -0.349 e. The van der Waals surface area contributed by atoms with Crippen LogP contribution in [0, 0.1) is 13.8 Å². The molecule has 0 saturated heterocycles. The number of nitrogens with zero attached hydrogens (tertiary/aromatic N) is 2. The van der Waals surface area contributed by atoms with Gasteiger partial charge in [-0.05, 0) is 25.5 Å². The van der Waals surface area contributed by atoms with Crippen LogP contribution < -0.4 is 5.32 Å². The van der Waals surface area contributed by atoms with Crippen LogP contribution >= 0.6 is 11.3 Å². The molecule has 0 fully saturated rings. The summed E-state index contributed by atoms with van der Waals surface area (Å²) in [6, 6.07) is 3.72. The van der Waals surface area contributed by atoms with Gasteiger partial charge in [0.15, 0.2) is 0 Å². The molecule has 0 unspecified atom stereocenters. The van der Waals surface area contributed by atoms with Gasteiger partial charge in [-0.2, -0.15) is 0 Å².